The molecule has 1 aliphatic heterocycles. The first kappa shape index (κ1) is 7.86. The molecule has 0 spiro atoms. The minimum Gasteiger partial charge on any atom is -0.340 e. The summed E-state index contributed by atoms with van der Waals surface area (Å²) in [6.07, 6.45) is 3.49. The van der Waals surface area contributed by atoms with Crippen LogP contribution in [0.1, 0.15) is 19.0 Å². The van der Waals surface area contributed by atoms with E-state index in [9.17, 15) is 0 Å². The summed E-state index contributed by atoms with van der Waals surface area (Å²) in [5, 5.41) is 1.36. The van der Waals surface area contributed by atoms with E-state index in [4.69, 9.17) is 0 Å². The lowest BCUT2D eigenvalue weighted by atomic mass is 10.1. The van der Waals surface area contributed by atoms with Crippen LogP contribution in [0.3, 0.4) is 0 Å². The van der Waals surface area contributed by atoms with Gasteiger partial charge in [-0.2, -0.15) is 0 Å². The van der Waals surface area contributed by atoms with E-state index in [-0.39, 0.29) is 0 Å². The lowest BCUT2D eigenvalue weighted by Gasteiger charge is -2.14. The Hall–Kier alpha value is -1.50. The fourth-order valence-corrected chi connectivity index (χ4v) is 2.29. The van der Waals surface area contributed by atoms with Crippen LogP contribution in [-0.2, 0) is 6.54 Å². The van der Waals surface area contributed by atoms with Gasteiger partial charge in [-0.05, 0) is 31.1 Å². The molecule has 1 aromatic heterocycles. The Morgan fingerprint density at radius 1 is 1.21 bits per heavy atom. The van der Waals surface area contributed by atoms with Crippen molar-refractivity contribution in [1.29, 1.82) is 0 Å². The first-order valence-electron chi connectivity index (χ1n) is 5.12. The molecule has 2 heterocycles. The largest absolute Gasteiger partial charge is 0.340 e. The Morgan fingerprint density at radius 2 is 2.07 bits per heavy atom. The normalized spacial score (nSPS) is 15.4. The highest BCUT2D eigenvalue weighted by Gasteiger charge is 2.11. The molecule has 0 aliphatic carbocycles. The van der Waals surface area contributed by atoms with E-state index in [1.54, 1.807) is 0 Å². The maximum atomic E-state index is 2.42. The summed E-state index contributed by atoms with van der Waals surface area (Å²) in [5.74, 6) is 0. The van der Waals surface area contributed by atoms with Crippen LogP contribution < -0.4 is 0 Å². The van der Waals surface area contributed by atoms with E-state index in [2.05, 4.69) is 47.9 Å². The van der Waals surface area contributed by atoms with Crippen molar-refractivity contribution in [2.75, 3.05) is 0 Å². The second-order valence-electron chi connectivity index (χ2n) is 3.92. The second-order valence-corrected chi connectivity index (χ2v) is 3.92. The summed E-state index contributed by atoms with van der Waals surface area (Å²) < 4.78 is 2.42. The number of rotatable bonds is 0. The SMILES string of the molecule is CC1=CCCn2c1cc1ccccc12. The van der Waals surface area contributed by atoms with Crippen LogP contribution in [0, 0.1) is 0 Å². The standard InChI is InChI=1S/C13H13N/c1-10-5-4-8-14-12-7-3-2-6-11(12)9-13(10)14/h2-3,5-7,9H,4,8H2,1H3. The Bertz CT molecular complexity index is 517. The number of allylic oxidation sites excluding steroid dienone is 2. The van der Waals surface area contributed by atoms with Gasteiger partial charge < -0.3 is 4.57 Å². The van der Waals surface area contributed by atoms with E-state index in [0.29, 0.717) is 0 Å². The van der Waals surface area contributed by atoms with E-state index in [1.165, 1.54) is 22.2 Å². The monoisotopic (exact) mass is 183 g/mol. The van der Waals surface area contributed by atoms with E-state index < -0.39 is 0 Å². The van der Waals surface area contributed by atoms with Gasteiger partial charge in [-0.15, -0.1) is 0 Å². The van der Waals surface area contributed by atoms with Gasteiger partial charge in [0.15, 0.2) is 0 Å². The van der Waals surface area contributed by atoms with Crippen LogP contribution in [-0.4, -0.2) is 4.57 Å². The van der Waals surface area contributed by atoms with E-state index in [0.717, 1.165) is 13.0 Å². The molecule has 1 aromatic carbocycles. The number of nitrogens with zero attached hydrogens (tertiary/aromatic N) is 1. The molecule has 0 atom stereocenters. The van der Waals surface area contributed by atoms with Crippen LogP contribution in [0.5, 0.6) is 0 Å². The molecule has 0 amide bonds. The van der Waals surface area contributed by atoms with Crippen LogP contribution >= 0.6 is 0 Å². The summed E-state index contributed by atoms with van der Waals surface area (Å²) in [6, 6.07) is 10.9. The first-order valence-corrected chi connectivity index (χ1v) is 5.12. The van der Waals surface area contributed by atoms with Crippen molar-refractivity contribution in [2.45, 2.75) is 19.9 Å². The Balaban J connectivity index is 2.40. The summed E-state index contributed by atoms with van der Waals surface area (Å²) in [5.41, 5.74) is 4.17. The third-order valence-corrected chi connectivity index (χ3v) is 3.02. The van der Waals surface area contributed by atoms with Gasteiger partial charge in [0.2, 0.25) is 0 Å². The predicted octanol–water partition coefficient (Wildman–Crippen LogP) is 3.45. The number of benzene rings is 1. The van der Waals surface area contributed by atoms with Gasteiger partial charge in [0.25, 0.3) is 0 Å². The number of aryl methyl sites for hydroxylation is 1. The van der Waals surface area contributed by atoms with Gasteiger partial charge in [-0.25, -0.2) is 0 Å². The minimum atomic E-state index is 1.13. The zero-order valence-electron chi connectivity index (χ0n) is 8.33. The average Bonchev–Trinajstić information content (AvgIpc) is 2.59. The van der Waals surface area contributed by atoms with Gasteiger partial charge in [0.1, 0.15) is 0 Å². The molecule has 0 radical (unpaired) electrons. The minimum absolute atomic E-state index is 1.13. The topological polar surface area (TPSA) is 4.93 Å². The zero-order valence-corrected chi connectivity index (χ0v) is 8.33. The van der Waals surface area contributed by atoms with Crippen LogP contribution in [0.15, 0.2) is 36.4 Å². The highest BCUT2D eigenvalue weighted by molar-refractivity contribution is 5.85. The van der Waals surface area contributed by atoms with Gasteiger partial charge in [-0.3, -0.25) is 0 Å². The average molecular weight is 183 g/mol. The molecule has 1 aliphatic rings. The molecule has 70 valence electrons. The van der Waals surface area contributed by atoms with Crippen molar-refractivity contribution < 1.29 is 0 Å². The van der Waals surface area contributed by atoms with Gasteiger partial charge in [0.05, 0.1) is 0 Å². The van der Waals surface area contributed by atoms with Gasteiger partial charge in [0, 0.05) is 23.1 Å². The fraction of sp³-hybridized carbons (Fsp3) is 0.231. The summed E-state index contributed by atoms with van der Waals surface area (Å²) in [6.45, 7) is 3.32. The molecular formula is C13H13N. The Morgan fingerprint density at radius 3 is 3.00 bits per heavy atom. The number of hydrogen-bond donors (Lipinski definition) is 0. The molecule has 2 aromatic rings. The van der Waals surface area contributed by atoms with Gasteiger partial charge >= 0.3 is 0 Å². The quantitative estimate of drug-likeness (QED) is 0.589. The molecule has 3 rings (SSSR count). The molecule has 14 heavy (non-hydrogen) atoms. The van der Waals surface area contributed by atoms with Crippen molar-refractivity contribution in [2.24, 2.45) is 0 Å². The lowest BCUT2D eigenvalue weighted by molar-refractivity contribution is 0.713. The number of para-hydroxylation sites is 1. The number of fused-ring (bicyclic) bond motifs is 3. The zero-order chi connectivity index (χ0) is 9.54. The third kappa shape index (κ3) is 0.955. The van der Waals surface area contributed by atoms with Crippen molar-refractivity contribution in [3.8, 4) is 0 Å². The summed E-state index contributed by atoms with van der Waals surface area (Å²) in [4.78, 5) is 0. The third-order valence-electron chi connectivity index (χ3n) is 3.02. The van der Waals surface area contributed by atoms with E-state index in [1.807, 2.05) is 0 Å². The molecule has 0 fully saturated rings. The van der Waals surface area contributed by atoms with Gasteiger partial charge in [-0.1, -0.05) is 24.3 Å². The molecule has 0 saturated carbocycles. The number of hydrogen-bond acceptors (Lipinski definition) is 0. The highest BCUT2D eigenvalue weighted by Crippen LogP contribution is 2.28. The lowest BCUT2D eigenvalue weighted by Crippen LogP contribution is -2.05. The Kier molecular flexibility index (Phi) is 1.54. The van der Waals surface area contributed by atoms with E-state index >= 15 is 0 Å². The van der Waals surface area contributed by atoms with Crippen molar-refractivity contribution >= 4 is 16.5 Å². The molecule has 0 bridgehead atoms. The number of aromatic nitrogens is 1. The summed E-state index contributed by atoms with van der Waals surface area (Å²) >= 11 is 0. The molecule has 1 nitrogen and oxygen atoms in total. The Labute approximate surface area is 83.7 Å². The van der Waals surface area contributed by atoms with Crippen LogP contribution in [0.2, 0.25) is 0 Å². The van der Waals surface area contributed by atoms with Crippen LogP contribution in [0.25, 0.3) is 16.5 Å². The maximum absolute atomic E-state index is 2.42. The summed E-state index contributed by atoms with van der Waals surface area (Å²) in [7, 11) is 0. The first-order chi connectivity index (χ1) is 6.86. The molecule has 0 unspecified atom stereocenters. The van der Waals surface area contributed by atoms with Crippen molar-refractivity contribution in [3.63, 3.8) is 0 Å². The molecule has 0 saturated heterocycles. The molecule has 0 N–H and O–H groups in total. The molecular weight excluding hydrogens is 170 g/mol. The second kappa shape index (κ2) is 2.74. The van der Waals surface area contributed by atoms with Crippen LogP contribution in [0.4, 0.5) is 0 Å². The smallest absolute Gasteiger partial charge is 0.0485 e. The molecule has 1 heteroatoms. The predicted molar refractivity (Wildman–Crippen MR) is 60.2 cm³/mol. The van der Waals surface area contributed by atoms with Crippen molar-refractivity contribution in [1.82, 2.24) is 4.57 Å². The maximum Gasteiger partial charge on any atom is 0.0485 e. The highest BCUT2D eigenvalue weighted by atomic mass is 15.0. The van der Waals surface area contributed by atoms with Crippen molar-refractivity contribution in [3.05, 3.63) is 42.1 Å². The fourth-order valence-electron chi connectivity index (χ4n) is 2.29.